The van der Waals surface area contributed by atoms with E-state index in [1.165, 1.54) is 11.1 Å². The molecule has 1 aromatic carbocycles. The Bertz CT molecular complexity index is 732. The molecule has 4 atom stereocenters. The Hall–Kier alpha value is -1.39. The van der Waals surface area contributed by atoms with Gasteiger partial charge in [0.2, 0.25) is 5.91 Å². The Morgan fingerprint density at radius 3 is 2.87 bits per heavy atom. The molecule has 1 heterocycles. The summed E-state index contributed by atoms with van der Waals surface area (Å²) in [5, 5.41) is 11.8. The maximum Gasteiger partial charge on any atom is 0.248 e. The van der Waals surface area contributed by atoms with Gasteiger partial charge in [-0.05, 0) is 56.0 Å². The molecule has 3 N–H and O–H groups in total. The highest BCUT2D eigenvalue weighted by Crippen LogP contribution is 2.71. The largest absolute Gasteiger partial charge is 0.387 e. The molecule has 2 bridgehead atoms. The Balaban J connectivity index is 1.77. The van der Waals surface area contributed by atoms with Crippen molar-refractivity contribution in [1.82, 2.24) is 4.90 Å². The third-order valence-corrected chi connectivity index (χ3v) is 7.38. The maximum absolute atomic E-state index is 11.8. The van der Waals surface area contributed by atoms with Crippen molar-refractivity contribution in [2.75, 3.05) is 13.6 Å². The molecular formula is C19H24N2O2. The lowest BCUT2D eigenvalue weighted by Crippen LogP contribution is -2.69. The Morgan fingerprint density at radius 1 is 1.35 bits per heavy atom. The zero-order valence-corrected chi connectivity index (χ0v) is 13.6. The number of primary amides is 1. The molecule has 1 amide bonds. The zero-order chi connectivity index (χ0) is 16.0. The molecule has 1 saturated heterocycles. The van der Waals surface area contributed by atoms with E-state index in [2.05, 4.69) is 18.0 Å². The Kier molecular flexibility index (Phi) is 2.42. The molecule has 4 heteroatoms. The smallest absolute Gasteiger partial charge is 0.248 e. The molecular weight excluding hydrogens is 288 g/mol. The standard InChI is InChI=1S/C19H24N2O2/c1-21-11-17-9-13-5-4-12(15(20)22)8-14(13)18(10-17)6-2-3-7-19(18,23)16(17)21/h4-5,8,16,23H,2-3,6-7,9-11H2,1H3,(H2,20,22)/t16-,17?,18+,19-/m1/s1. The van der Waals surface area contributed by atoms with Crippen LogP contribution in [0.3, 0.4) is 0 Å². The first kappa shape index (κ1) is 14.0. The summed E-state index contributed by atoms with van der Waals surface area (Å²) in [7, 11) is 2.15. The molecule has 4 nitrogen and oxygen atoms in total. The van der Waals surface area contributed by atoms with Gasteiger partial charge in [-0.15, -0.1) is 0 Å². The molecule has 1 unspecified atom stereocenters. The summed E-state index contributed by atoms with van der Waals surface area (Å²) in [5.41, 5.74) is 8.04. The number of amides is 1. The average molecular weight is 312 g/mol. The van der Waals surface area contributed by atoms with Gasteiger partial charge in [0.1, 0.15) is 0 Å². The highest BCUT2D eigenvalue weighted by molar-refractivity contribution is 5.93. The molecule has 23 heavy (non-hydrogen) atoms. The minimum atomic E-state index is -0.653. The lowest BCUT2D eigenvalue weighted by Gasteiger charge is -2.57. The molecule has 2 spiro atoms. The van der Waals surface area contributed by atoms with Gasteiger partial charge in [0, 0.05) is 29.0 Å². The van der Waals surface area contributed by atoms with Crippen molar-refractivity contribution in [2.24, 2.45) is 11.1 Å². The Morgan fingerprint density at radius 2 is 2.13 bits per heavy atom. The number of hydrogen-bond donors (Lipinski definition) is 2. The van der Waals surface area contributed by atoms with Gasteiger partial charge in [-0.25, -0.2) is 0 Å². The molecule has 0 aromatic heterocycles. The van der Waals surface area contributed by atoms with Gasteiger partial charge in [0.25, 0.3) is 0 Å². The number of carbonyl (C=O) groups excluding carboxylic acids is 1. The van der Waals surface area contributed by atoms with E-state index in [9.17, 15) is 9.90 Å². The van der Waals surface area contributed by atoms with Crippen LogP contribution < -0.4 is 5.73 Å². The van der Waals surface area contributed by atoms with Crippen LogP contribution in [0.1, 0.15) is 53.6 Å². The molecule has 122 valence electrons. The second kappa shape index (κ2) is 3.98. The fourth-order valence-electron chi connectivity index (χ4n) is 6.96. The van der Waals surface area contributed by atoms with E-state index in [4.69, 9.17) is 5.73 Å². The number of hydrogen-bond acceptors (Lipinski definition) is 3. The number of rotatable bonds is 1. The van der Waals surface area contributed by atoms with Gasteiger partial charge in [-0.3, -0.25) is 9.69 Å². The minimum absolute atomic E-state index is 0.181. The minimum Gasteiger partial charge on any atom is -0.387 e. The lowest BCUT2D eigenvalue weighted by atomic mass is 9.58. The van der Waals surface area contributed by atoms with E-state index in [1.54, 1.807) is 0 Å². The zero-order valence-electron chi connectivity index (χ0n) is 13.6. The summed E-state index contributed by atoms with van der Waals surface area (Å²) in [6, 6.07) is 6.21. The van der Waals surface area contributed by atoms with Crippen molar-refractivity contribution in [3.63, 3.8) is 0 Å². The van der Waals surface area contributed by atoms with Crippen molar-refractivity contribution in [2.45, 2.75) is 55.6 Å². The summed E-state index contributed by atoms with van der Waals surface area (Å²) in [5.74, 6) is -0.373. The van der Waals surface area contributed by atoms with Crippen molar-refractivity contribution in [3.05, 3.63) is 34.9 Å². The van der Waals surface area contributed by atoms with Crippen LogP contribution in [0.15, 0.2) is 18.2 Å². The monoisotopic (exact) mass is 312 g/mol. The number of nitrogens with zero attached hydrogens (tertiary/aromatic N) is 1. The predicted octanol–water partition coefficient (Wildman–Crippen LogP) is 1.59. The molecule has 1 aliphatic heterocycles. The first-order valence-corrected chi connectivity index (χ1v) is 8.78. The molecule has 3 aliphatic carbocycles. The van der Waals surface area contributed by atoms with Crippen molar-refractivity contribution < 1.29 is 9.90 Å². The second-order valence-corrected chi connectivity index (χ2v) is 8.48. The first-order valence-electron chi connectivity index (χ1n) is 8.78. The highest BCUT2D eigenvalue weighted by atomic mass is 16.3. The third-order valence-electron chi connectivity index (χ3n) is 7.38. The highest BCUT2D eigenvalue weighted by Gasteiger charge is 2.76. The quantitative estimate of drug-likeness (QED) is 0.827. The van der Waals surface area contributed by atoms with Gasteiger partial charge in [0.15, 0.2) is 0 Å². The number of fused-ring (bicyclic) bond motifs is 2. The van der Waals surface area contributed by atoms with E-state index in [1.807, 2.05) is 12.1 Å². The second-order valence-electron chi connectivity index (χ2n) is 8.48. The van der Waals surface area contributed by atoms with E-state index in [0.717, 1.165) is 45.1 Å². The van der Waals surface area contributed by atoms with Crippen molar-refractivity contribution in [1.29, 1.82) is 0 Å². The summed E-state index contributed by atoms with van der Waals surface area (Å²) in [4.78, 5) is 14.0. The molecule has 2 saturated carbocycles. The first-order chi connectivity index (χ1) is 10.9. The predicted molar refractivity (Wildman–Crippen MR) is 87.2 cm³/mol. The van der Waals surface area contributed by atoms with E-state index in [-0.39, 0.29) is 22.8 Å². The fraction of sp³-hybridized carbons (Fsp3) is 0.632. The van der Waals surface area contributed by atoms with Gasteiger partial charge in [-0.1, -0.05) is 18.9 Å². The summed E-state index contributed by atoms with van der Waals surface area (Å²) >= 11 is 0. The molecule has 4 aliphatic rings. The van der Waals surface area contributed by atoms with Crippen molar-refractivity contribution in [3.8, 4) is 0 Å². The topological polar surface area (TPSA) is 66.6 Å². The maximum atomic E-state index is 11.8. The average Bonchev–Trinajstić information content (AvgIpc) is 2.64. The normalized spacial score (nSPS) is 44.0. The lowest BCUT2D eigenvalue weighted by molar-refractivity contribution is -0.145. The number of nitrogens with two attached hydrogens (primary N) is 1. The van der Waals surface area contributed by atoms with Crippen LogP contribution in [0.4, 0.5) is 0 Å². The third kappa shape index (κ3) is 1.39. The summed E-state index contributed by atoms with van der Waals surface area (Å²) < 4.78 is 0. The van der Waals surface area contributed by atoms with E-state index < -0.39 is 5.60 Å². The number of aliphatic hydroxyl groups is 1. The number of likely N-dealkylation sites (N-methyl/N-ethyl adjacent to an activating group) is 1. The van der Waals surface area contributed by atoms with Crippen LogP contribution in [0.25, 0.3) is 0 Å². The van der Waals surface area contributed by atoms with Crippen LogP contribution in [0.5, 0.6) is 0 Å². The Labute approximate surface area is 136 Å². The molecule has 1 aromatic rings. The van der Waals surface area contributed by atoms with Crippen LogP contribution in [0.2, 0.25) is 0 Å². The molecule has 5 rings (SSSR count). The molecule has 3 fully saturated rings. The van der Waals surface area contributed by atoms with Crippen LogP contribution in [0, 0.1) is 5.41 Å². The molecule has 0 radical (unpaired) electrons. The summed E-state index contributed by atoms with van der Waals surface area (Å²) in [6.07, 6.45) is 6.27. The van der Waals surface area contributed by atoms with E-state index in [0.29, 0.717) is 5.56 Å². The number of likely N-dealkylation sites (tertiary alicyclic amines) is 1. The van der Waals surface area contributed by atoms with Gasteiger partial charge in [0.05, 0.1) is 5.60 Å². The van der Waals surface area contributed by atoms with Crippen LogP contribution >= 0.6 is 0 Å². The van der Waals surface area contributed by atoms with Gasteiger partial charge < -0.3 is 10.8 Å². The number of carbonyl (C=O) groups is 1. The van der Waals surface area contributed by atoms with Gasteiger partial charge in [-0.2, -0.15) is 0 Å². The number of benzene rings is 1. The SMILES string of the molecule is CN1CC23Cc4ccc(C(N)=O)cc4[C@]4(CCCC[C@@]4(O)[C@H]12)C3. The summed E-state index contributed by atoms with van der Waals surface area (Å²) in [6.45, 7) is 1.08. The van der Waals surface area contributed by atoms with Gasteiger partial charge >= 0.3 is 0 Å². The fourth-order valence-corrected chi connectivity index (χ4v) is 6.96. The van der Waals surface area contributed by atoms with Crippen LogP contribution in [-0.2, 0) is 11.8 Å². The van der Waals surface area contributed by atoms with Crippen molar-refractivity contribution >= 4 is 5.91 Å². The van der Waals surface area contributed by atoms with E-state index >= 15 is 0 Å². The van der Waals surface area contributed by atoms with Crippen LogP contribution in [-0.4, -0.2) is 41.1 Å².